The lowest BCUT2D eigenvalue weighted by Gasteiger charge is -2.38. The van der Waals surface area contributed by atoms with E-state index in [0.29, 0.717) is 6.61 Å². The second-order valence-electron chi connectivity index (χ2n) is 9.80. The van der Waals surface area contributed by atoms with Crippen molar-refractivity contribution in [2.45, 2.75) is 71.1 Å². The molecule has 0 fully saturated rings. The number of unbranched alkanes of at least 4 members (excludes halogenated alkanes) is 5. The molecule has 0 N–H and O–H groups in total. The van der Waals surface area contributed by atoms with Crippen molar-refractivity contribution in [1.82, 2.24) is 5.01 Å². The van der Waals surface area contributed by atoms with Crippen LogP contribution in [-0.4, -0.2) is 23.9 Å². The Morgan fingerprint density at radius 3 is 2.30 bits per heavy atom. The van der Waals surface area contributed by atoms with Gasteiger partial charge in [0.15, 0.2) is 0 Å². The van der Waals surface area contributed by atoms with E-state index in [2.05, 4.69) is 66.5 Å². The Bertz CT molecular complexity index is 1170. The van der Waals surface area contributed by atoms with Gasteiger partial charge in [-0.3, -0.25) is 0 Å². The Labute approximate surface area is 221 Å². The molecule has 2 aliphatic heterocycles. The van der Waals surface area contributed by atoms with E-state index in [4.69, 9.17) is 19.3 Å². The summed E-state index contributed by atoms with van der Waals surface area (Å²) in [5.74, 6) is 2.72. The Morgan fingerprint density at radius 2 is 1.51 bits per heavy atom. The normalized spacial score (nSPS) is 18.0. The first-order valence-corrected chi connectivity index (χ1v) is 13.8. The number of hydrazone groups is 1. The highest BCUT2D eigenvalue weighted by Gasteiger charge is 2.40. The Balaban J connectivity index is 1.29. The molecule has 5 heteroatoms. The molecule has 0 spiro atoms. The summed E-state index contributed by atoms with van der Waals surface area (Å²) in [6.45, 7) is 5.68. The van der Waals surface area contributed by atoms with Crippen LogP contribution in [0.2, 0.25) is 0 Å². The third-order valence-electron chi connectivity index (χ3n) is 7.13. The lowest BCUT2D eigenvalue weighted by Crippen LogP contribution is -2.33. The van der Waals surface area contributed by atoms with Crippen molar-refractivity contribution in [3.63, 3.8) is 0 Å². The summed E-state index contributed by atoms with van der Waals surface area (Å²) in [6.07, 6.45) is 8.14. The number of hydrogen-bond acceptors (Lipinski definition) is 5. The van der Waals surface area contributed by atoms with Crippen LogP contribution in [0.5, 0.6) is 17.2 Å². The van der Waals surface area contributed by atoms with Crippen molar-refractivity contribution in [2.75, 3.05) is 13.2 Å². The van der Waals surface area contributed by atoms with Crippen molar-refractivity contribution in [3.8, 4) is 17.2 Å². The molecule has 0 aliphatic carbocycles. The van der Waals surface area contributed by atoms with Gasteiger partial charge in [-0.05, 0) is 73.5 Å². The van der Waals surface area contributed by atoms with E-state index >= 15 is 0 Å². The first kappa shape index (κ1) is 25.2. The molecule has 0 radical (unpaired) electrons. The summed E-state index contributed by atoms with van der Waals surface area (Å²) in [5, 5.41) is 7.20. The summed E-state index contributed by atoms with van der Waals surface area (Å²) in [4.78, 5) is 0. The van der Waals surface area contributed by atoms with E-state index in [1.807, 2.05) is 25.1 Å². The van der Waals surface area contributed by atoms with Crippen molar-refractivity contribution < 1.29 is 14.2 Å². The molecule has 37 heavy (non-hydrogen) atoms. The average Bonchev–Trinajstić information content (AvgIpc) is 3.39. The van der Waals surface area contributed by atoms with Crippen LogP contribution in [-0.2, 0) is 0 Å². The van der Waals surface area contributed by atoms with E-state index in [0.717, 1.165) is 53.5 Å². The van der Waals surface area contributed by atoms with Crippen LogP contribution in [0.1, 0.15) is 87.8 Å². The van der Waals surface area contributed by atoms with Crippen LogP contribution >= 0.6 is 0 Å². The molecule has 5 nitrogen and oxygen atoms in total. The zero-order chi connectivity index (χ0) is 25.5. The Hall–Kier alpha value is -3.47. The monoisotopic (exact) mass is 498 g/mol. The third-order valence-corrected chi connectivity index (χ3v) is 7.13. The predicted octanol–water partition coefficient (Wildman–Crippen LogP) is 8.07. The molecular formula is C32H38N2O3. The molecule has 5 rings (SSSR count). The third kappa shape index (κ3) is 5.93. The highest BCUT2D eigenvalue weighted by molar-refractivity contribution is 6.02. The van der Waals surface area contributed by atoms with Gasteiger partial charge in [0.2, 0.25) is 6.23 Å². The molecular weight excluding hydrogens is 460 g/mol. The highest BCUT2D eigenvalue weighted by Crippen LogP contribution is 2.47. The fourth-order valence-electron chi connectivity index (χ4n) is 5.14. The minimum Gasteiger partial charge on any atom is -0.494 e. The number of para-hydroxylation sites is 1. The molecule has 3 aromatic carbocycles. The van der Waals surface area contributed by atoms with E-state index in [1.54, 1.807) is 0 Å². The number of rotatable bonds is 12. The zero-order valence-electron chi connectivity index (χ0n) is 22.1. The minimum absolute atomic E-state index is 0.139. The SMILES string of the molecule is CCCCCCCCOc1ccc([C@@H]2Oc3ccccc3[C@@H]3CC(c4ccc(OCC)cc4)=NN32)cc1. The molecule has 0 saturated carbocycles. The second kappa shape index (κ2) is 12.2. The number of nitrogens with zero attached hydrogens (tertiary/aromatic N) is 2. The summed E-state index contributed by atoms with van der Waals surface area (Å²) >= 11 is 0. The minimum atomic E-state index is -0.285. The van der Waals surface area contributed by atoms with Gasteiger partial charge in [-0.2, -0.15) is 5.10 Å². The zero-order valence-corrected chi connectivity index (χ0v) is 22.1. The van der Waals surface area contributed by atoms with Gasteiger partial charge < -0.3 is 14.2 Å². The maximum Gasteiger partial charge on any atom is 0.213 e. The van der Waals surface area contributed by atoms with Crippen LogP contribution in [0.3, 0.4) is 0 Å². The van der Waals surface area contributed by atoms with E-state index in [1.165, 1.54) is 37.7 Å². The van der Waals surface area contributed by atoms with Crippen LogP contribution in [0.15, 0.2) is 77.9 Å². The Morgan fingerprint density at radius 1 is 0.811 bits per heavy atom. The first-order valence-electron chi connectivity index (χ1n) is 13.8. The molecule has 3 aromatic rings. The number of ether oxygens (including phenoxy) is 3. The van der Waals surface area contributed by atoms with E-state index in [-0.39, 0.29) is 12.3 Å². The standard InChI is InChI=1S/C32H38N2O3/c1-3-5-6-7-8-11-22-36-27-20-16-25(17-21-27)32-34-30(28-12-9-10-13-31(28)37-32)23-29(33-34)24-14-18-26(19-15-24)35-4-2/h9-10,12-21,30,32H,3-8,11,22-23H2,1-2H3/t30-,32-/m0/s1. The first-order chi connectivity index (χ1) is 18.3. The topological polar surface area (TPSA) is 43.3 Å². The molecule has 2 heterocycles. The molecule has 2 atom stereocenters. The van der Waals surface area contributed by atoms with Crippen LogP contribution < -0.4 is 14.2 Å². The van der Waals surface area contributed by atoms with Crippen molar-refractivity contribution in [2.24, 2.45) is 5.10 Å². The van der Waals surface area contributed by atoms with Crippen LogP contribution in [0, 0.1) is 0 Å². The van der Waals surface area contributed by atoms with E-state index < -0.39 is 0 Å². The molecule has 0 saturated heterocycles. The van der Waals surface area contributed by atoms with E-state index in [9.17, 15) is 0 Å². The summed E-state index contributed by atoms with van der Waals surface area (Å²) < 4.78 is 18.1. The number of benzene rings is 3. The number of fused-ring (bicyclic) bond motifs is 3. The second-order valence-corrected chi connectivity index (χ2v) is 9.80. The molecule has 194 valence electrons. The molecule has 2 aliphatic rings. The lowest BCUT2D eigenvalue weighted by molar-refractivity contribution is -0.0190. The summed E-state index contributed by atoms with van der Waals surface area (Å²) in [6, 6.07) is 25.0. The smallest absolute Gasteiger partial charge is 0.213 e. The van der Waals surface area contributed by atoms with Gasteiger partial charge in [-0.15, -0.1) is 0 Å². The molecule has 0 unspecified atom stereocenters. The largest absolute Gasteiger partial charge is 0.494 e. The summed E-state index contributed by atoms with van der Waals surface area (Å²) in [7, 11) is 0. The highest BCUT2D eigenvalue weighted by atomic mass is 16.5. The van der Waals surface area contributed by atoms with Gasteiger partial charge in [-0.1, -0.05) is 57.2 Å². The molecule has 0 amide bonds. The van der Waals surface area contributed by atoms with Gasteiger partial charge in [0.1, 0.15) is 17.2 Å². The van der Waals surface area contributed by atoms with Crippen molar-refractivity contribution in [3.05, 3.63) is 89.5 Å². The fraction of sp³-hybridized carbons (Fsp3) is 0.406. The van der Waals surface area contributed by atoms with Gasteiger partial charge in [-0.25, -0.2) is 5.01 Å². The molecule has 0 aromatic heterocycles. The van der Waals surface area contributed by atoms with Gasteiger partial charge in [0.05, 0.1) is 25.0 Å². The van der Waals surface area contributed by atoms with Gasteiger partial charge in [0.25, 0.3) is 0 Å². The quantitative estimate of drug-likeness (QED) is 0.237. The van der Waals surface area contributed by atoms with Crippen LogP contribution in [0.25, 0.3) is 0 Å². The van der Waals surface area contributed by atoms with Crippen LogP contribution in [0.4, 0.5) is 0 Å². The average molecular weight is 499 g/mol. The maximum atomic E-state index is 6.51. The Kier molecular flexibility index (Phi) is 8.29. The predicted molar refractivity (Wildman–Crippen MR) is 148 cm³/mol. The maximum absolute atomic E-state index is 6.51. The fourth-order valence-corrected chi connectivity index (χ4v) is 5.14. The van der Waals surface area contributed by atoms with Crippen molar-refractivity contribution in [1.29, 1.82) is 0 Å². The molecule has 0 bridgehead atoms. The summed E-state index contributed by atoms with van der Waals surface area (Å²) in [5.41, 5.74) is 4.44. The van der Waals surface area contributed by atoms with Gasteiger partial charge >= 0.3 is 0 Å². The van der Waals surface area contributed by atoms with Gasteiger partial charge in [0, 0.05) is 17.5 Å². The lowest BCUT2D eigenvalue weighted by atomic mass is 9.96. The number of hydrogen-bond donors (Lipinski definition) is 0. The van der Waals surface area contributed by atoms with Crippen molar-refractivity contribution >= 4 is 5.71 Å².